The number of carbonyl (C=O) groups excluding carboxylic acids is 1. The van der Waals surface area contributed by atoms with E-state index >= 15 is 0 Å². The van der Waals surface area contributed by atoms with Gasteiger partial charge in [-0.15, -0.1) is 0 Å². The van der Waals surface area contributed by atoms with Gasteiger partial charge < -0.3 is 23.5 Å². The van der Waals surface area contributed by atoms with Crippen molar-refractivity contribution in [1.29, 1.82) is 0 Å². The zero-order valence-corrected chi connectivity index (χ0v) is 22.9. The smallest absolute Gasteiger partial charge is 0.410 e. The molecule has 0 N–H and O–H groups in total. The number of nitrogens with zero attached hydrogens (tertiary/aromatic N) is 2. The maximum Gasteiger partial charge on any atom is 0.410 e. The molecule has 2 heterocycles. The summed E-state index contributed by atoms with van der Waals surface area (Å²) >= 11 is 6.36. The Kier molecular flexibility index (Phi) is 7.64. The van der Waals surface area contributed by atoms with Gasteiger partial charge in [-0.05, 0) is 74.4 Å². The maximum atomic E-state index is 13.7. The highest BCUT2D eigenvalue weighted by Gasteiger charge is 2.23. The molecule has 9 heteroatoms. The quantitative estimate of drug-likeness (QED) is 0.275. The van der Waals surface area contributed by atoms with Crippen LogP contribution in [0, 0.1) is 0 Å². The molecule has 0 saturated heterocycles. The lowest BCUT2D eigenvalue weighted by Gasteiger charge is -2.25. The molecule has 0 spiro atoms. The van der Waals surface area contributed by atoms with E-state index in [0.717, 1.165) is 5.56 Å². The van der Waals surface area contributed by atoms with E-state index in [-0.39, 0.29) is 23.5 Å². The highest BCUT2D eigenvalue weighted by molar-refractivity contribution is 6.32. The number of amides is 1. The van der Waals surface area contributed by atoms with Gasteiger partial charge in [-0.3, -0.25) is 9.78 Å². The molecule has 4 aromatic rings. The van der Waals surface area contributed by atoms with Crippen LogP contribution in [0.25, 0.3) is 33.4 Å². The zero-order valence-electron chi connectivity index (χ0n) is 22.1. The van der Waals surface area contributed by atoms with Crippen LogP contribution in [0.4, 0.5) is 4.79 Å². The van der Waals surface area contributed by atoms with Crippen molar-refractivity contribution in [2.75, 3.05) is 21.3 Å². The zero-order chi connectivity index (χ0) is 27.6. The van der Waals surface area contributed by atoms with Gasteiger partial charge >= 0.3 is 6.09 Å². The minimum atomic E-state index is -0.633. The second-order valence-corrected chi connectivity index (χ2v) is 10.1. The molecule has 0 aliphatic carbocycles. The summed E-state index contributed by atoms with van der Waals surface area (Å²) in [6.45, 7) is 5.63. The van der Waals surface area contributed by atoms with Crippen LogP contribution in [0.2, 0.25) is 5.02 Å². The normalized spacial score (nSPS) is 11.3. The number of halogens is 1. The first-order valence-electron chi connectivity index (χ1n) is 11.9. The number of hydrogen-bond acceptors (Lipinski definition) is 7. The third-order valence-electron chi connectivity index (χ3n) is 5.74. The molecule has 1 amide bonds. The van der Waals surface area contributed by atoms with Crippen molar-refractivity contribution in [3.05, 3.63) is 75.7 Å². The third kappa shape index (κ3) is 5.60. The fourth-order valence-electron chi connectivity index (χ4n) is 4.04. The van der Waals surface area contributed by atoms with E-state index in [4.69, 9.17) is 30.2 Å². The molecule has 0 atom stereocenters. The molecule has 0 bridgehead atoms. The van der Waals surface area contributed by atoms with E-state index in [0.29, 0.717) is 38.4 Å². The predicted octanol–water partition coefficient (Wildman–Crippen LogP) is 6.56. The monoisotopic (exact) mass is 536 g/mol. The molecule has 0 aliphatic heterocycles. The lowest BCUT2D eigenvalue weighted by molar-refractivity contribution is 0.0285. The van der Waals surface area contributed by atoms with Crippen LogP contribution in [0.3, 0.4) is 0 Å². The molecule has 2 aromatic heterocycles. The minimum Gasteiger partial charge on any atom is -0.495 e. The number of carbonyl (C=O) groups is 1. The number of fused-ring (bicyclic) bond motifs is 1. The third-order valence-corrected chi connectivity index (χ3v) is 6.04. The van der Waals surface area contributed by atoms with Crippen LogP contribution in [0.1, 0.15) is 26.3 Å². The molecular weight excluding hydrogens is 508 g/mol. The average Bonchev–Trinajstić information content (AvgIpc) is 2.88. The molecular formula is C29H29ClN2O6. The van der Waals surface area contributed by atoms with Gasteiger partial charge in [-0.1, -0.05) is 11.6 Å². The summed E-state index contributed by atoms with van der Waals surface area (Å²) in [7, 11) is 4.58. The molecule has 198 valence electrons. The van der Waals surface area contributed by atoms with Gasteiger partial charge in [0.05, 0.1) is 24.6 Å². The Hall–Kier alpha value is -4.04. The van der Waals surface area contributed by atoms with Crippen LogP contribution in [0.5, 0.6) is 11.5 Å². The van der Waals surface area contributed by atoms with Crippen molar-refractivity contribution in [2.45, 2.75) is 32.9 Å². The highest BCUT2D eigenvalue weighted by Crippen LogP contribution is 2.38. The fourth-order valence-corrected chi connectivity index (χ4v) is 4.30. The van der Waals surface area contributed by atoms with E-state index in [2.05, 4.69) is 4.98 Å². The first kappa shape index (κ1) is 27.0. The number of hydrogen-bond donors (Lipinski definition) is 0. The van der Waals surface area contributed by atoms with Crippen LogP contribution in [-0.4, -0.2) is 42.8 Å². The number of pyridine rings is 1. The largest absolute Gasteiger partial charge is 0.495 e. The van der Waals surface area contributed by atoms with E-state index in [1.807, 2.05) is 18.2 Å². The molecule has 0 radical (unpaired) electrons. The number of aromatic nitrogens is 1. The summed E-state index contributed by atoms with van der Waals surface area (Å²) in [6.07, 6.45) is 2.85. The second-order valence-electron chi connectivity index (χ2n) is 9.74. The predicted molar refractivity (Wildman–Crippen MR) is 147 cm³/mol. The summed E-state index contributed by atoms with van der Waals surface area (Å²) in [5.74, 6) is 0.772. The SMILES string of the molecule is COc1ccc(-c2oc3c(-c4ccncc4)cc(CN(C)C(=O)OC(C)(C)C)cc3c(=O)c2OC)cc1Cl. The van der Waals surface area contributed by atoms with Crippen LogP contribution < -0.4 is 14.9 Å². The highest BCUT2D eigenvalue weighted by atomic mass is 35.5. The van der Waals surface area contributed by atoms with Gasteiger partial charge in [0, 0.05) is 37.1 Å². The van der Waals surface area contributed by atoms with Crippen molar-refractivity contribution >= 4 is 28.7 Å². The van der Waals surface area contributed by atoms with Gasteiger partial charge in [0.2, 0.25) is 11.2 Å². The van der Waals surface area contributed by atoms with Crippen molar-refractivity contribution < 1.29 is 23.4 Å². The first-order valence-corrected chi connectivity index (χ1v) is 12.3. The number of methoxy groups -OCH3 is 2. The lowest BCUT2D eigenvalue weighted by Crippen LogP contribution is -2.33. The number of rotatable bonds is 6. The van der Waals surface area contributed by atoms with Crippen molar-refractivity contribution in [3.8, 4) is 33.9 Å². The molecule has 2 aromatic carbocycles. The summed E-state index contributed by atoms with van der Waals surface area (Å²) in [4.78, 5) is 31.9. The van der Waals surface area contributed by atoms with E-state index in [1.54, 1.807) is 64.5 Å². The maximum absolute atomic E-state index is 13.7. The van der Waals surface area contributed by atoms with Crippen molar-refractivity contribution in [3.63, 3.8) is 0 Å². The Labute approximate surface area is 225 Å². The average molecular weight is 537 g/mol. The van der Waals surface area contributed by atoms with Crippen LogP contribution in [0.15, 0.2) is 64.1 Å². The van der Waals surface area contributed by atoms with Gasteiger partial charge in [-0.2, -0.15) is 0 Å². The van der Waals surface area contributed by atoms with Gasteiger partial charge in [0.15, 0.2) is 5.76 Å². The van der Waals surface area contributed by atoms with E-state index in [1.165, 1.54) is 19.1 Å². The molecule has 0 aliphatic rings. The summed E-state index contributed by atoms with van der Waals surface area (Å²) < 4.78 is 22.6. The lowest BCUT2D eigenvalue weighted by atomic mass is 9.99. The topological polar surface area (TPSA) is 91.1 Å². The first-order chi connectivity index (χ1) is 18.0. The van der Waals surface area contributed by atoms with E-state index < -0.39 is 11.7 Å². The summed E-state index contributed by atoms with van der Waals surface area (Å²) in [5, 5.41) is 0.678. The minimum absolute atomic E-state index is 0.0389. The molecule has 38 heavy (non-hydrogen) atoms. The summed E-state index contributed by atoms with van der Waals surface area (Å²) in [5.41, 5.74) is 2.11. The van der Waals surface area contributed by atoms with Gasteiger partial charge in [-0.25, -0.2) is 4.79 Å². The molecule has 0 saturated carbocycles. The Morgan fingerprint density at radius 2 is 1.74 bits per heavy atom. The second kappa shape index (κ2) is 10.8. The fraction of sp³-hybridized carbons (Fsp3) is 0.276. The Bertz CT molecular complexity index is 1540. The van der Waals surface area contributed by atoms with Gasteiger partial charge in [0.1, 0.15) is 16.9 Å². The molecule has 8 nitrogen and oxygen atoms in total. The van der Waals surface area contributed by atoms with Crippen LogP contribution in [-0.2, 0) is 11.3 Å². The Morgan fingerprint density at radius 3 is 2.34 bits per heavy atom. The summed E-state index contributed by atoms with van der Waals surface area (Å²) in [6, 6.07) is 12.3. The Balaban J connectivity index is 1.92. The number of benzene rings is 2. The van der Waals surface area contributed by atoms with E-state index in [9.17, 15) is 9.59 Å². The van der Waals surface area contributed by atoms with Crippen molar-refractivity contribution in [2.24, 2.45) is 0 Å². The number of ether oxygens (including phenoxy) is 3. The standard InChI is InChI=1S/C29H29ClN2O6/c1-29(2,3)38-28(34)32(4)16-17-13-20(18-9-11-31-12-10-18)26-21(14-17)24(33)27(36-6)25(37-26)19-7-8-23(35-5)22(30)15-19/h7-15H,16H2,1-6H3. The van der Waals surface area contributed by atoms with Crippen LogP contribution >= 0.6 is 11.6 Å². The molecule has 0 fully saturated rings. The Morgan fingerprint density at radius 1 is 1.03 bits per heavy atom. The molecule has 4 rings (SSSR count). The molecule has 0 unspecified atom stereocenters. The van der Waals surface area contributed by atoms with Gasteiger partial charge in [0.25, 0.3) is 0 Å². The van der Waals surface area contributed by atoms with Crippen molar-refractivity contribution in [1.82, 2.24) is 9.88 Å².